The van der Waals surface area contributed by atoms with Crippen LogP contribution in [-0.2, 0) is 4.79 Å². The van der Waals surface area contributed by atoms with Crippen molar-refractivity contribution in [2.24, 2.45) is 4.99 Å². The molecular weight excluding hydrogens is 352 g/mol. The van der Waals surface area contributed by atoms with Crippen molar-refractivity contribution >= 4 is 12.5 Å². The Hall–Kier alpha value is -0.128. The summed E-state index contributed by atoms with van der Waals surface area (Å²) < 4.78 is 0. The molecule has 0 radical (unpaired) electrons. The molecule has 3 heteroatoms. The summed E-state index contributed by atoms with van der Waals surface area (Å²) in [7, 11) is 0. The van der Waals surface area contributed by atoms with E-state index in [0.29, 0.717) is 5.70 Å². The molecule has 10 heavy (non-hydrogen) atoms. The number of carbonyl (C=O) groups excluding carboxylic acids is 1. The summed E-state index contributed by atoms with van der Waals surface area (Å²) in [5, 5.41) is 0. The van der Waals surface area contributed by atoms with Crippen molar-refractivity contribution in [3.8, 4) is 0 Å². The molecule has 52 valence electrons. The van der Waals surface area contributed by atoms with Crippen LogP contribution in [0.25, 0.3) is 0 Å². The first-order chi connectivity index (χ1) is 4.22. The second-order valence-corrected chi connectivity index (χ2v) is 1.50. The van der Waals surface area contributed by atoms with E-state index in [4.69, 9.17) is 0 Å². The maximum absolute atomic E-state index is 10.5. The van der Waals surface area contributed by atoms with Gasteiger partial charge in [0.15, 0.2) is 5.78 Å². The second kappa shape index (κ2) is 6.98. The fraction of sp³-hybridized carbons (Fsp3) is 0.143. The van der Waals surface area contributed by atoms with Crippen LogP contribution in [0.15, 0.2) is 29.4 Å². The molecule has 0 heterocycles. The van der Waals surface area contributed by atoms with Crippen LogP contribution in [0.2, 0.25) is 0 Å². The number of aliphatic imine (C=N–C) groups is 1. The first-order valence-electron chi connectivity index (χ1n) is 2.52. The van der Waals surface area contributed by atoms with Gasteiger partial charge in [-0.25, -0.2) is 0 Å². The van der Waals surface area contributed by atoms with E-state index in [0.717, 1.165) is 0 Å². The summed E-state index contributed by atoms with van der Waals surface area (Å²) in [5.74, 6) is -0.0927. The monoisotopic (exact) mass is 361 g/mol. The molecule has 0 unspecified atom stereocenters. The molecule has 0 aromatic rings. The summed E-state index contributed by atoms with van der Waals surface area (Å²) in [6.45, 7) is 8.06. The number of hydrogen-bond acceptors (Lipinski definition) is 2. The molecule has 0 aliphatic carbocycles. The molecule has 0 amide bonds. The molecule has 0 aromatic carbocycles. The molecule has 0 N–H and O–H groups in total. The number of carbonyl (C=O) groups is 1. The van der Waals surface area contributed by atoms with Crippen molar-refractivity contribution in [2.45, 2.75) is 6.92 Å². The second-order valence-electron chi connectivity index (χ2n) is 1.50. The van der Waals surface area contributed by atoms with Crippen molar-refractivity contribution < 1.29 is 35.9 Å². The number of Topliss-reactive ketones (excluding diaryl/α,β-unsaturated/α-hetero) is 1. The fourth-order valence-corrected chi connectivity index (χ4v) is 0.393. The number of hydrogen-bond donors (Lipinski definition) is 0. The number of allylic oxidation sites excluding steroid dienone is 3. The maximum Gasteiger partial charge on any atom is 0.178 e. The summed E-state index contributed by atoms with van der Waals surface area (Å²) in [4.78, 5) is 14.0. The molecule has 2 nitrogen and oxygen atoms in total. The van der Waals surface area contributed by atoms with Crippen LogP contribution in [0.1, 0.15) is 6.92 Å². The van der Waals surface area contributed by atoms with Gasteiger partial charge in [-0.2, -0.15) is 0 Å². The Balaban J connectivity index is 0. The van der Waals surface area contributed by atoms with E-state index in [1.54, 1.807) is 0 Å². The SMILES string of the molecule is C=C/C=C(\N=C)C(C)=O.[U]. The molecule has 0 fully saturated rings. The molecule has 0 saturated heterocycles. The van der Waals surface area contributed by atoms with Gasteiger partial charge >= 0.3 is 0 Å². The Labute approximate surface area is 84.5 Å². The zero-order valence-electron chi connectivity index (χ0n) is 5.92. The Morgan fingerprint density at radius 2 is 2.10 bits per heavy atom. The molecule has 0 rings (SSSR count). The number of nitrogens with zero attached hydrogens (tertiary/aromatic N) is 1. The quantitative estimate of drug-likeness (QED) is 0.424. The zero-order chi connectivity index (χ0) is 7.28. The Morgan fingerprint density at radius 3 is 2.20 bits per heavy atom. The van der Waals surface area contributed by atoms with E-state index >= 15 is 0 Å². The molecule has 0 aliphatic rings. The van der Waals surface area contributed by atoms with Crippen LogP contribution >= 0.6 is 0 Å². The molecular formula is C7H9NOU. The van der Waals surface area contributed by atoms with E-state index in [9.17, 15) is 4.79 Å². The van der Waals surface area contributed by atoms with Crippen molar-refractivity contribution in [3.63, 3.8) is 0 Å². The fourth-order valence-electron chi connectivity index (χ4n) is 0.393. The normalized spacial score (nSPS) is 9.50. The third kappa shape index (κ3) is 4.72. The van der Waals surface area contributed by atoms with Crippen LogP contribution in [0.5, 0.6) is 0 Å². The molecule has 0 atom stereocenters. The average molecular weight is 361 g/mol. The molecule has 0 saturated carbocycles. The van der Waals surface area contributed by atoms with Gasteiger partial charge in [-0.05, 0) is 12.8 Å². The van der Waals surface area contributed by atoms with Gasteiger partial charge in [-0.1, -0.05) is 12.7 Å². The first-order valence-corrected chi connectivity index (χ1v) is 2.52. The number of ketones is 1. The Kier molecular flexibility index (Phi) is 8.76. The van der Waals surface area contributed by atoms with Crippen molar-refractivity contribution in [1.29, 1.82) is 0 Å². The Bertz CT molecular complexity index is 172. The summed E-state index contributed by atoms with van der Waals surface area (Å²) in [6.07, 6.45) is 3.03. The van der Waals surface area contributed by atoms with Crippen LogP contribution in [0.3, 0.4) is 0 Å². The summed E-state index contributed by atoms with van der Waals surface area (Å²) in [6, 6.07) is 0. The van der Waals surface area contributed by atoms with E-state index < -0.39 is 0 Å². The van der Waals surface area contributed by atoms with E-state index in [1.165, 1.54) is 19.1 Å². The smallest absolute Gasteiger partial charge is 0.178 e. The summed E-state index contributed by atoms with van der Waals surface area (Å²) in [5.41, 5.74) is 0.352. The van der Waals surface area contributed by atoms with Gasteiger partial charge < -0.3 is 0 Å². The summed E-state index contributed by atoms with van der Waals surface area (Å²) >= 11 is 0. The van der Waals surface area contributed by atoms with Crippen LogP contribution < -0.4 is 0 Å². The van der Waals surface area contributed by atoms with Crippen molar-refractivity contribution in [2.75, 3.05) is 0 Å². The van der Waals surface area contributed by atoms with Gasteiger partial charge in [0, 0.05) is 38.0 Å². The minimum absolute atomic E-state index is 0. The predicted molar refractivity (Wildman–Crippen MR) is 38.5 cm³/mol. The van der Waals surface area contributed by atoms with Crippen molar-refractivity contribution in [3.05, 3.63) is 24.4 Å². The van der Waals surface area contributed by atoms with E-state index in [-0.39, 0.29) is 36.9 Å². The topological polar surface area (TPSA) is 29.4 Å². The standard InChI is InChI=1S/C7H9NO.U/c1-4-5-7(8-3)6(2)9;/h4-5H,1,3H2,2H3;/b7-5-;. The molecule has 0 bridgehead atoms. The van der Waals surface area contributed by atoms with Gasteiger partial charge in [0.1, 0.15) is 5.70 Å². The van der Waals surface area contributed by atoms with Crippen LogP contribution in [0, 0.1) is 31.1 Å². The van der Waals surface area contributed by atoms with Gasteiger partial charge in [-0.3, -0.25) is 9.79 Å². The maximum atomic E-state index is 10.5. The third-order valence-electron chi connectivity index (χ3n) is 0.807. The third-order valence-corrected chi connectivity index (χ3v) is 0.807. The Morgan fingerprint density at radius 1 is 1.60 bits per heavy atom. The van der Waals surface area contributed by atoms with Gasteiger partial charge in [0.2, 0.25) is 0 Å². The van der Waals surface area contributed by atoms with Gasteiger partial charge in [0.25, 0.3) is 0 Å². The van der Waals surface area contributed by atoms with E-state index in [1.807, 2.05) is 0 Å². The van der Waals surface area contributed by atoms with Crippen LogP contribution in [-0.4, -0.2) is 12.5 Å². The molecule has 0 aromatic heterocycles. The molecule has 0 aliphatic heterocycles. The predicted octanol–water partition coefficient (Wildman–Crippen LogP) is 1.35. The minimum atomic E-state index is -0.0927. The van der Waals surface area contributed by atoms with Gasteiger partial charge in [0.05, 0.1) is 0 Å². The minimum Gasteiger partial charge on any atom is -0.293 e. The van der Waals surface area contributed by atoms with Crippen LogP contribution in [0.4, 0.5) is 0 Å². The van der Waals surface area contributed by atoms with Gasteiger partial charge in [-0.15, -0.1) is 0 Å². The first kappa shape index (κ1) is 12.5. The average Bonchev–Trinajstić information content (AvgIpc) is 1.82. The van der Waals surface area contributed by atoms with E-state index in [2.05, 4.69) is 18.3 Å². The molecule has 0 spiro atoms. The zero-order valence-corrected chi connectivity index (χ0v) is 10.1. The van der Waals surface area contributed by atoms with Crippen molar-refractivity contribution in [1.82, 2.24) is 0 Å². The largest absolute Gasteiger partial charge is 0.293 e. The number of rotatable bonds is 3.